The minimum absolute atomic E-state index is 0.0409. The second-order valence-electron chi connectivity index (χ2n) is 6.16. The minimum Gasteiger partial charge on any atom is -0.492 e. The normalized spacial score (nSPS) is 18.2. The van der Waals surface area contributed by atoms with Gasteiger partial charge in [-0.1, -0.05) is 11.6 Å². The Labute approximate surface area is 119 Å². The van der Waals surface area contributed by atoms with Crippen LogP contribution >= 0.6 is 0 Å². The second kappa shape index (κ2) is 5.27. The number of benzene rings is 1. The van der Waals surface area contributed by atoms with Crippen LogP contribution in [0.1, 0.15) is 43.1 Å². The number of esters is 1. The third-order valence-corrected chi connectivity index (χ3v) is 3.04. The zero-order chi connectivity index (χ0) is 14.9. The summed E-state index contributed by atoms with van der Waals surface area (Å²) in [5.74, 6) is -0.267. The van der Waals surface area contributed by atoms with Crippen LogP contribution in [-0.2, 0) is 9.53 Å². The predicted molar refractivity (Wildman–Crippen MR) is 75.0 cm³/mol. The topological polar surface area (TPSA) is 52.6 Å². The number of hydrogen-bond donors (Lipinski definition) is 0. The quantitative estimate of drug-likeness (QED) is 0.779. The van der Waals surface area contributed by atoms with Gasteiger partial charge in [-0.05, 0) is 39.8 Å². The molecule has 0 aromatic heterocycles. The molecule has 0 radical (unpaired) electrons. The Balaban J connectivity index is 2.09. The lowest BCUT2D eigenvalue weighted by molar-refractivity contribution is -0.155. The average molecular weight is 276 g/mol. The maximum atomic E-state index is 12.4. The third-order valence-electron chi connectivity index (χ3n) is 3.04. The molecule has 0 saturated carbocycles. The summed E-state index contributed by atoms with van der Waals surface area (Å²) in [5, 5.41) is 0. The first kappa shape index (κ1) is 14.6. The maximum Gasteiger partial charge on any atom is 0.307 e. The summed E-state index contributed by atoms with van der Waals surface area (Å²) < 4.78 is 10.8. The molecule has 0 amide bonds. The summed E-state index contributed by atoms with van der Waals surface area (Å²) in [4.78, 5) is 24.2. The van der Waals surface area contributed by atoms with Gasteiger partial charge in [0.05, 0.1) is 24.5 Å². The highest BCUT2D eigenvalue weighted by atomic mass is 16.6. The van der Waals surface area contributed by atoms with Gasteiger partial charge in [-0.15, -0.1) is 0 Å². The van der Waals surface area contributed by atoms with Crippen LogP contribution in [0.2, 0.25) is 0 Å². The van der Waals surface area contributed by atoms with Gasteiger partial charge in [0.15, 0.2) is 5.78 Å². The third kappa shape index (κ3) is 3.38. The Morgan fingerprint density at radius 2 is 2.10 bits per heavy atom. The molecule has 4 heteroatoms. The van der Waals surface area contributed by atoms with Crippen LogP contribution < -0.4 is 4.74 Å². The predicted octanol–water partition coefficient (Wildman–Crippen LogP) is 2.92. The molecule has 0 fully saturated rings. The van der Waals surface area contributed by atoms with Gasteiger partial charge in [0.2, 0.25) is 0 Å². The van der Waals surface area contributed by atoms with Crippen molar-refractivity contribution in [1.29, 1.82) is 0 Å². The van der Waals surface area contributed by atoms with Crippen molar-refractivity contribution in [3.8, 4) is 5.75 Å². The molecule has 1 aromatic carbocycles. The number of ether oxygens (including phenoxy) is 2. The number of fused-ring (bicyclic) bond motifs is 1. The van der Waals surface area contributed by atoms with Gasteiger partial charge in [0.25, 0.3) is 0 Å². The van der Waals surface area contributed by atoms with E-state index in [4.69, 9.17) is 9.47 Å². The summed E-state index contributed by atoms with van der Waals surface area (Å²) >= 11 is 0. The zero-order valence-corrected chi connectivity index (χ0v) is 12.4. The first-order valence-electron chi connectivity index (χ1n) is 6.76. The number of carbonyl (C=O) groups excluding carboxylic acids is 2. The Hall–Kier alpha value is -1.84. The Bertz CT molecular complexity index is 540. The van der Waals surface area contributed by atoms with Gasteiger partial charge in [0.1, 0.15) is 11.4 Å². The average Bonchev–Trinajstić information content (AvgIpc) is 2.31. The summed E-state index contributed by atoms with van der Waals surface area (Å²) in [6.45, 7) is 7.58. The molecule has 4 nitrogen and oxygen atoms in total. The van der Waals surface area contributed by atoms with Crippen molar-refractivity contribution in [2.24, 2.45) is 5.92 Å². The Morgan fingerprint density at radius 1 is 1.40 bits per heavy atom. The Kier molecular flexibility index (Phi) is 3.84. The Morgan fingerprint density at radius 3 is 2.75 bits per heavy atom. The fourth-order valence-electron chi connectivity index (χ4n) is 2.18. The van der Waals surface area contributed by atoms with Crippen LogP contribution in [0.5, 0.6) is 5.75 Å². The number of aryl methyl sites for hydroxylation is 1. The lowest BCUT2D eigenvalue weighted by Crippen LogP contribution is -2.32. The van der Waals surface area contributed by atoms with Gasteiger partial charge in [-0.2, -0.15) is 0 Å². The van der Waals surface area contributed by atoms with Gasteiger partial charge in [-0.25, -0.2) is 0 Å². The SMILES string of the molecule is Cc1ccc2c(c1)C(=O)[C@@H](CC(=O)OC(C)(C)C)CO2. The van der Waals surface area contributed by atoms with Crippen LogP contribution in [0.25, 0.3) is 0 Å². The first-order valence-corrected chi connectivity index (χ1v) is 6.76. The molecule has 1 aliphatic heterocycles. The molecule has 0 unspecified atom stereocenters. The van der Waals surface area contributed by atoms with Crippen molar-refractivity contribution < 1.29 is 19.1 Å². The number of ketones is 1. The molecule has 2 rings (SSSR count). The monoisotopic (exact) mass is 276 g/mol. The number of Topliss-reactive ketones (excluding diaryl/α,β-unsaturated/α-hetero) is 1. The van der Waals surface area contributed by atoms with E-state index in [2.05, 4.69) is 0 Å². The van der Waals surface area contributed by atoms with Crippen LogP contribution in [0.3, 0.4) is 0 Å². The van der Waals surface area contributed by atoms with E-state index in [-0.39, 0.29) is 24.8 Å². The van der Waals surface area contributed by atoms with Gasteiger partial charge in [0, 0.05) is 0 Å². The summed E-state index contributed by atoms with van der Waals surface area (Å²) in [6, 6.07) is 5.51. The van der Waals surface area contributed by atoms with Crippen LogP contribution in [0, 0.1) is 12.8 Å². The molecule has 20 heavy (non-hydrogen) atoms. The highest BCUT2D eigenvalue weighted by Gasteiger charge is 2.32. The van der Waals surface area contributed by atoms with E-state index in [1.165, 1.54) is 0 Å². The van der Waals surface area contributed by atoms with Crippen molar-refractivity contribution >= 4 is 11.8 Å². The van der Waals surface area contributed by atoms with E-state index in [1.54, 1.807) is 12.1 Å². The van der Waals surface area contributed by atoms with Gasteiger partial charge in [-0.3, -0.25) is 9.59 Å². The zero-order valence-electron chi connectivity index (χ0n) is 12.4. The van der Waals surface area contributed by atoms with E-state index < -0.39 is 11.5 Å². The molecule has 0 spiro atoms. The second-order valence-corrected chi connectivity index (χ2v) is 6.16. The van der Waals surface area contributed by atoms with Crippen LogP contribution in [-0.4, -0.2) is 24.0 Å². The smallest absolute Gasteiger partial charge is 0.307 e. The molecule has 0 saturated heterocycles. The lowest BCUT2D eigenvalue weighted by atomic mass is 9.91. The van der Waals surface area contributed by atoms with E-state index in [0.29, 0.717) is 11.3 Å². The molecule has 108 valence electrons. The van der Waals surface area contributed by atoms with Crippen LogP contribution in [0.15, 0.2) is 18.2 Å². The summed E-state index contributed by atoms with van der Waals surface area (Å²) in [5.41, 5.74) is 1.02. The fourth-order valence-corrected chi connectivity index (χ4v) is 2.18. The molecule has 1 aliphatic rings. The van der Waals surface area contributed by atoms with Crippen LogP contribution in [0.4, 0.5) is 0 Å². The molecule has 1 atom stereocenters. The largest absolute Gasteiger partial charge is 0.492 e. The number of carbonyl (C=O) groups is 2. The summed E-state index contributed by atoms with van der Waals surface area (Å²) in [7, 11) is 0. The van der Waals surface area contributed by atoms with Gasteiger partial charge >= 0.3 is 5.97 Å². The minimum atomic E-state index is -0.538. The highest BCUT2D eigenvalue weighted by molar-refractivity contribution is 6.02. The standard InChI is InChI=1S/C16H20O4/c1-10-5-6-13-12(7-10)15(18)11(9-19-13)8-14(17)20-16(2,3)4/h5-7,11H,8-9H2,1-4H3/t11-/m0/s1. The highest BCUT2D eigenvalue weighted by Crippen LogP contribution is 2.29. The van der Waals surface area contributed by atoms with Crippen molar-refractivity contribution in [3.63, 3.8) is 0 Å². The fraction of sp³-hybridized carbons (Fsp3) is 0.500. The van der Waals surface area contributed by atoms with E-state index in [1.807, 2.05) is 33.8 Å². The van der Waals surface area contributed by atoms with E-state index in [0.717, 1.165) is 5.56 Å². The molecule has 1 heterocycles. The van der Waals surface area contributed by atoms with Gasteiger partial charge < -0.3 is 9.47 Å². The number of hydrogen-bond acceptors (Lipinski definition) is 4. The molecule has 0 aliphatic carbocycles. The maximum absolute atomic E-state index is 12.4. The lowest BCUT2D eigenvalue weighted by Gasteiger charge is -2.25. The molecule has 1 aromatic rings. The van der Waals surface area contributed by atoms with Crippen molar-refractivity contribution in [2.75, 3.05) is 6.61 Å². The molecular weight excluding hydrogens is 256 g/mol. The summed E-state index contributed by atoms with van der Waals surface area (Å²) in [6.07, 6.45) is 0.0590. The first-order chi connectivity index (χ1) is 9.26. The van der Waals surface area contributed by atoms with Crippen molar-refractivity contribution in [3.05, 3.63) is 29.3 Å². The van der Waals surface area contributed by atoms with Crippen molar-refractivity contribution in [2.45, 2.75) is 39.7 Å². The van der Waals surface area contributed by atoms with Crippen molar-refractivity contribution in [1.82, 2.24) is 0 Å². The van der Waals surface area contributed by atoms with E-state index >= 15 is 0 Å². The molecule has 0 bridgehead atoms. The molecule has 0 N–H and O–H groups in total. The number of rotatable bonds is 2. The molecular formula is C16H20O4. The van der Waals surface area contributed by atoms with E-state index in [9.17, 15) is 9.59 Å².